The molecule has 0 bridgehead atoms. The van der Waals surface area contributed by atoms with Gasteiger partial charge in [-0.3, -0.25) is 0 Å². The third-order valence-corrected chi connectivity index (χ3v) is 8.94. The largest absolute Gasteiger partial charge is 0.310 e. The Morgan fingerprint density at radius 3 is 1.77 bits per heavy atom. The Hall–Kier alpha value is -4.92. The minimum atomic E-state index is 1.14. The van der Waals surface area contributed by atoms with Crippen LogP contribution in [0.5, 0.6) is 0 Å². The lowest BCUT2D eigenvalue weighted by atomic mass is 10.0. The monoisotopic (exact) mass is 527 g/mol. The molecule has 0 saturated heterocycles. The van der Waals surface area contributed by atoms with E-state index in [1.54, 1.807) is 0 Å². The highest BCUT2D eigenvalue weighted by molar-refractivity contribution is 7.25. The van der Waals surface area contributed by atoms with Crippen LogP contribution in [0.3, 0.4) is 0 Å². The van der Waals surface area contributed by atoms with Crippen molar-refractivity contribution in [2.24, 2.45) is 0 Å². The molecule has 0 fully saturated rings. The lowest BCUT2D eigenvalue weighted by Gasteiger charge is -2.26. The number of benzene rings is 7. The van der Waals surface area contributed by atoms with Gasteiger partial charge in [-0.25, -0.2) is 0 Å². The summed E-state index contributed by atoms with van der Waals surface area (Å²) in [5, 5.41) is 7.65. The molecule has 1 aromatic heterocycles. The van der Waals surface area contributed by atoms with Crippen LogP contribution in [0, 0.1) is 0 Å². The summed E-state index contributed by atoms with van der Waals surface area (Å²) in [5.41, 5.74) is 5.87. The molecule has 0 saturated carbocycles. The van der Waals surface area contributed by atoms with E-state index in [0.717, 1.165) is 17.1 Å². The molecule has 0 aliphatic carbocycles. The molecule has 0 aliphatic rings. The van der Waals surface area contributed by atoms with Crippen molar-refractivity contribution in [2.45, 2.75) is 0 Å². The van der Waals surface area contributed by atoms with Gasteiger partial charge < -0.3 is 4.90 Å². The number of nitrogens with zero attached hydrogens (tertiary/aromatic N) is 1. The van der Waals surface area contributed by atoms with Gasteiger partial charge in [0.05, 0.1) is 0 Å². The van der Waals surface area contributed by atoms with Gasteiger partial charge in [-0.05, 0) is 87.3 Å². The van der Waals surface area contributed by atoms with E-state index in [4.69, 9.17) is 0 Å². The van der Waals surface area contributed by atoms with Crippen LogP contribution < -0.4 is 4.90 Å². The summed E-state index contributed by atoms with van der Waals surface area (Å²) in [7, 11) is 0. The van der Waals surface area contributed by atoms with Crippen LogP contribution in [0.15, 0.2) is 152 Å². The number of rotatable bonds is 4. The molecule has 0 atom stereocenters. The fraction of sp³-hybridized carbons (Fsp3) is 0. The summed E-state index contributed by atoms with van der Waals surface area (Å²) >= 11 is 1.87. The maximum absolute atomic E-state index is 2.37. The number of thiophene rings is 1. The number of hydrogen-bond acceptors (Lipinski definition) is 2. The van der Waals surface area contributed by atoms with Crippen molar-refractivity contribution in [1.82, 2.24) is 0 Å². The highest BCUT2D eigenvalue weighted by Gasteiger charge is 2.15. The Labute approximate surface area is 237 Å². The molecule has 0 amide bonds. The Bertz CT molecular complexity index is 2160. The van der Waals surface area contributed by atoms with Crippen molar-refractivity contribution >= 4 is 70.1 Å². The second-order valence-corrected chi connectivity index (χ2v) is 11.3. The lowest BCUT2D eigenvalue weighted by molar-refractivity contribution is 1.29. The van der Waals surface area contributed by atoms with Crippen LogP contribution in [0.25, 0.3) is 52.8 Å². The SMILES string of the molecule is c1ccc(-c2ccc(N(c3ccc4ccccc4c3)c3ccc4cc5sc6ccccc6c5cc4c3)cc2)cc1. The van der Waals surface area contributed by atoms with Gasteiger partial charge in [0.1, 0.15) is 0 Å². The second kappa shape index (κ2) is 9.37. The van der Waals surface area contributed by atoms with E-state index < -0.39 is 0 Å². The van der Waals surface area contributed by atoms with Gasteiger partial charge in [-0.1, -0.05) is 97.1 Å². The van der Waals surface area contributed by atoms with E-state index in [0.29, 0.717) is 0 Å². The summed E-state index contributed by atoms with van der Waals surface area (Å²) in [4.78, 5) is 2.37. The Morgan fingerprint density at radius 2 is 0.950 bits per heavy atom. The van der Waals surface area contributed by atoms with Crippen LogP contribution in [0.4, 0.5) is 17.1 Å². The van der Waals surface area contributed by atoms with Crippen LogP contribution >= 0.6 is 11.3 Å². The van der Waals surface area contributed by atoms with E-state index in [1.165, 1.54) is 52.8 Å². The van der Waals surface area contributed by atoms with E-state index in [9.17, 15) is 0 Å². The molecular weight excluding hydrogens is 502 g/mol. The van der Waals surface area contributed by atoms with E-state index in [1.807, 2.05) is 11.3 Å². The summed E-state index contributed by atoms with van der Waals surface area (Å²) in [6, 6.07) is 55.1. The molecule has 8 rings (SSSR count). The maximum Gasteiger partial charge on any atom is 0.0468 e. The first-order chi connectivity index (χ1) is 19.8. The van der Waals surface area contributed by atoms with E-state index in [-0.39, 0.29) is 0 Å². The summed E-state index contributed by atoms with van der Waals surface area (Å²) in [6.07, 6.45) is 0. The zero-order chi connectivity index (χ0) is 26.5. The van der Waals surface area contributed by atoms with Gasteiger partial charge in [-0.2, -0.15) is 0 Å². The predicted octanol–water partition coefficient (Wildman–Crippen LogP) is 11.5. The predicted molar refractivity (Wildman–Crippen MR) is 174 cm³/mol. The maximum atomic E-state index is 2.37. The molecule has 188 valence electrons. The van der Waals surface area contributed by atoms with Crippen LogP contribution in [-0.4, -0.2) is 0 Å². The second-order valence-electron chi connectivity index (χ2n) is 10.3. The molecule has 1 heterocycles. The third-order valence-electron chi connectivity index (χ3n) is 7.80. The summed E-state index contributed by atoms with van der Waals surface area (Å²) in [6.45, 7) is 0. The third kappa shape index (κ3) is 3.93. The average Bonchev–Trinajstić information content (AvgIpc) is 3.38. The van der Waals surface area contributed by atoms with Gasteiger partial charge in [-0.15, -0.1) is 11.3 Å². The molecule has 40 heavy (non-hydrogen) atoms. The van der Waals surface area contributed by atoms with Crippen LogP contribution in [0.2, 0.25) is 0 Å². The molecule has 1 nitrogen and oxygen atoms in total. The smallest absolute Gasteiger partial charge is 0.0468 e. The minimum Gasteiger partial charge on any atom is -0.310 e. The van der Waals surface area contributed by atoms with E-state index in [2.05, 4.69) is 157 Å². The molecule has 8 aromatic rings. The molecule has 2 heteroatoms. The van der Waals surface area contributed by atoms with Crippen LogP contribution in [-0.2, 0) is 0 Å². The van der Waals surface area contributed by atoms with Crippen molar-refractivity contribution in [2.75, 3.05) is 4.90 Å². The first-order valence-electron chi connectivity index (χ1n) is 13.6. The molecule has 0 spiro atoms. The highest BCUT2D eigenvalue weighted by Crippen LogP contribution is 2.41. The molecule has 7 aromatic carbocycles. The molecule has 0 N–H and O–H groups in total. The molecular formula is C38H25NS. The lowest BCUT2D eigenvalue weighted by Crippen LogP contribution is -2.09. The topological polar surface area (TPSA) is 3.24 Å². The zero-order valence-corrected chi connectivity index (χ0v) is 22.6. The quantitative estimate of drug-likeness (QED) is 0.220. The van der Waals surface area contributed by atoms with Gasteiger partial charge in [0.25, 0.3) is 0 Å². The standard InChI is InChI=1S/C38H25NS/c1-2-8-26(9-3-1)28-14-18-32(19-15-28)39(33-20-16-27-10-4-5-11-29(27)22-33)34-21-17-30-25-38-36(24-31(30)23-34)35-12-6-7-13-37(35)40-38/h1-25H. The fourth-order valence-corrected chi connectivity index (χ4v) is 6.93. The zero-order valence-electron chi connectivity index (χ0n) is 21.8. The Balaban J connectivity index is 1.30. The van der Waals surface area contributed by atoms with Crippen molar-refractivity contribution in [3.8, 4) is 11.1 Å². The average molecular weight is 528 g/mol. The summed E-state index contributed by atoms with van der Waals surface area (Å²) < 4.78 is 2.67. The fourth-order valence-electron chi connectivity index (χ4n) is 5.79. The Kier molecular flexibility index (Phi) is 5.39. The van der Waals surface area contributed by atoms with Crippen molar-refractivity contribution in [3.05, 3.63) is 152 Å². The van der Waals surface area contributed by atoms with Gasteiger partial charge >= 0.3 is 0 Å². The highest BCUT2D eigenvalue weighted by atomic mass is 32.1. The summed E-state index contributed by atoms with van der Waals surface area (Å²) in [5.74, 6) is 0. The first-order valence-corrected chi connectivity index (χ1v) is 14.4. The van der Waals surface area contributed by atoms with Gasteiger partial charge in [0.15, 0.2) is 0 Å². The first kappa shape index (κ1) is 23.0. The van der Waals surface area contributed by atoms with Crippen molar-refractivity contribution in [3.63, 3.8) is 0 Å². The Morgan fingerprint density at radius 1 is 0.350 bits per heavy atom. The van der Waals surface area contributed by atoms with Crippen molar-refractivity contribution in [1.29, 1.82) is 0 Å². The molecule has 0 unspecified atom stereocenters. The molecule has 0 radical (unpaired) electrons. The number of fused-ring (bicyclic) bond motifs is 5. The number of anilines is 3. The van der Waals surface area contributed by atoms with E-state index >= 15 is 0 Å². The minimum absolute atomic E-state index is 1.14. The normalized spacial score (nSPS) is 11.5. The van der Waals surface area contributed by atoms with Crippen LogP contribution in [0.1, 0.15) is 0 Å². The van der Waals surface area contributed by atoms with Crippen molar-refractivity contribution < 1.29 is 0 Å². The van der Waals surface area contributed by atoms with Gasteiger partial charge in [0, 0.05) is 37.2 Å². The number of hydrogen-bond donors (Lipinski definition) is 0. The molecule has 0 aliphatic heterocycles. The van der Waals surface area contributed by atoms with Gasteiger partial charge in [0.2, 0.25) is 0 Å².